The van der Waals surface area contributed by atoms with Gasteiger partial charge in [-0.05, 0) is 66.5 Å². The van der Waals surface area contributed by atoms with Crippen molar-refractivity contribution in [3.63, 3.8) is 0 Å². The number of halogens is 2. The Morgan fingerprint density at radius 3 is 2.69 bits per heavy atom. The number of ether oxygens (including phenoxy) is 2. The molecule has 35 heavy (non-hydrogen) atoms. The first-order valence-corrected chi connectivity index (χ1v) is 13.2. The van der Waals surface area contributed by atoms with Gasteiger partial charge in [0.2, 0.25) is 0 Å². The molecule has 1 aliphatic heterocycles. The van der Waals surface area contributed by atoms with Crippen LogP contribution in [0.4, 0.5) is 0 Å². The SMILES string of the molecule is CCOc1cc(/C=C2/SC(=S)N(NC(=O)c3cccs3)C2=O)ccc1OCc1ccc(Cl)cc1Cl. The van der Waals surface area contributed by atoms with Crippen LogP contribution in [0, 0.1) is 0 Å². The second-order valence-electron chi connectivity index (χ2n) is 7.10. The van der Waals surface area contributed by atoms with E-state index < -0.39 is 11.8 Å². The second kappa shape index (κ2) is 11.5. The molecule has 1 N–H and O–H groups in total. The average Bonchev–Trinajstić information content (AvgIpc) is 3.45. The number of nitrogens with one attached hydrogen (secondary N) is 1. The van der Waals surface area contributed by atoms with Gasteiger partial charge in [0.15, 0.2) is 15.8 Å². The highest BCUT2D eigenvalue weighted by Gasteiger charge is 2.34. The van der Waals surface area contributed by atoms with Crippen molar-refractivity contribution in [1.82, 2.24) is 10.4 Å². The third-order valence-electron chi connectivity index (χ3n) is 4.72. The lowest BCUT2D eigenvalue weighted by Gasteiger charge is -2.15. The molecule has 1 saturated heterocycles. The van der Waals surface area contributed by atoms with E-state index in [9.17, 15) is 9.59 Å². The Labute approximate surface area is 225 Å². The first kappa shape index (κ1) is 25.5. The summed E-state index contributed by atoms with van der Waals surface area (Å²) in [4.78, 5) is 26.1. The molecule has 1 fully saturated rings. The Bertz CT molecular complexity index is 1310. The molecular weight excluding hydrogens is 547 g/mol. The van der Waals surface area contributed by atoms with Gasteiger partial charge in [-0.3, -0.25) is 15.0 Å². The van der Waals surface area contributed by atoms with E-state index in [-0.39, 0.29) is 10.9 Å². The van der Waals surface area contributed by atoms with Gasteiger partial charge in [-0.1, -0.05) is 53.2 Å². The summed E-state index contributed by atoms with van der Waals surface area (Å²) >= 11 is 19.9. The van der Waals surface area contributed by atoms with Gasteiger partial charge in [0.25, 0.3) is 11.8 Å². The highest BCUT2D eigenvalue weighted by molar-refractivity contribution is 8.26. The summed E-state index contributed by atoms with van der Waals surface area (Å²) < 4.78 is 11.9. The molecule has 0 saturated carbocycles. The van der Waals surface area contributed by atoms with Crippen molar-refractivity contribution in [1.29, 1.82) is 0 Å². The standard InChI is InChI=1S/C24H18Cl2N2O4S3/c1-2-31-19-10-14(5-8-18(19)32-13-15-6-7-16(25)12-17(15)26)11-21-23(30)28(24(33)35-21)27-22(29)20-4-3-9-34-20/h3-12H,2,13H2,1H3,(H,27,29)/b21-11+. The van der Waals surface area contributed by atoms with Crippen molar-refractivity contribution in [3.8, 4) is 11.5 Å². The lowest BCUT2D eigenvalue weighted by atomic mass is 10.1. The van der Waals surface area contributed by atoms with Gasteiger partial charge in [-0.2, -0.15) is 5.01 Å². The third kappa shape index (κ3) is 6.17. The Balaban J connectivity index is 1.49. The maximum Gasteiger partial charge on any atom is 0.285 e. The highest BCUT2D eigenvalue weighted by Crippen LogP contribution is 2.35. The fraction of sp³-hybridized carbons (Fsp3) is 0.125. The molecule has 3 aromatic rings. The van der Waals surface area contributed by atoms with Gasteiger partial charge in [-0.15, -0.1) is 11.3 Å². The van der Waals surface area contributed by atoms with Crippen LogP contribution in [0.25, 0.3) is 6.08 Å². The van der Waals surface area contributed by atoms with Crippen LogP contribution >= 0.6 is 58.5 Å². The molecule has 2 amide bonds. The number of hydrogen-bond donors (Lipinski definition) is 1. The summed E-state index contributed by atoms with van der Waals surface area (Å²) in [5.74, 6) is 0.262. The van der Waals surface area contributed by atoms with E-state index in [1.54, 1.807) is 60.0 Å². The lowest BCUT2D eigenvalue weighted by Crippen LogP contribution is -2.44. The van der Waals surface area contributed by atoms with Crippen LogP contribution < -0.4 is 14.9 Å². The van der Waals surface area contributed by atoms with Crippen LogP contribution in [0.1, 0.15) is 27.7 Å². The minimum Gasteiger partial charge on any atom is -0.490 e. The van der Waals surface area contributed by atoms with E-state index in [1.807, 2.05) is 6.92 Å². The van der Waals surface area contributed by atoms with E-state index in [4.69, 9.17) is 44.9 Å². The highest BCUT2D eigenvalue weighted by atomic mass is 35.5. The number of nitrogens with zero attached hydrogens (tertiary/aromatic N) is 1. The van der Waals surface area contributed by atoms with Crippen molar-refractivity contribution in [2.24, 2.45) is 0 Å². The van der Waals surface area contributed by atoms with Gasteiger partial charge in [0.1, 0.15) is 6.61 Å². The van der Waals surface area contributed by atoms with Crippen LogP contribution in [-0.2, 0) is 11.4 Å². The molecule has 2 heterocycles. The normalized spacial score (nSPS) is 14.5. The molecular formula is C24H18Cl2N2O4S3. The van der Waals surface area contributed by atoms with Gasteiger partial charge < -0.3 is 9.47 Å². The number of benzene rings is 2. The van der Waals surface area contributed by atoms with Crippen molar-refractivity contribution < 1.29 is 19.1 Å². The Hall–Kier alpha value is -2.56. The van der Waals surface area contributed by atoms with Crippen LogP contribution in [0.2, 0.25) is 10.0 Å². The Morgan fingerprint density at radius 1 is 1.14 bits per heavy atom. The van der Waals surface area contributed by atoms with Gasteiger partial charge in [-0.25, -0.2) is 0 Å². The quantitative estimate of drug-likeness (QED) is 0.246. The van der Waals surface area contributed by atoms with Crippen LogP contribution in [0.3, 0.4) is 0 Å². The van der Waals surface area contributed by atoms with Crippen LogP contribution in [0.15, 0.2) is 58.8 Å². The van der Waals surface area contributed by atoms with E-state index in [1.165, 1.54) is 11.3 Å². The summed E-state index contributed by atoms with van der Waals surface area (Å²) in [6.07, 6.45) is 1.69. The number of thiocarbonyl (C=S) groups is 1. The predicted octanol–water partition coefficient (Wildman–Crippen LogP) is 6.58. The summed E-state index contributed by atoms with van der Waals surface area (Å²) in [5.41, 5.74) is 4.07. The van der Waals surface area contributed by atoms with Gasteiger partial charge >= 0.3 is 0 Å². The fourth-order valence-corrected chi connectivity index (χ4v) is 5.33. The van der Waals surface area contributed by atoms with Gasteiger partial charge in [0, 0.05) is 15.6 Å². The zero-order valence-corrected chi connectivity index (χ0v) is 22.2. The summed E-state index contributed by atoms with van der Waals surface area (Å²) in [5, 5.41) is 3.94. The Morgan fingerprint density at radius 2 is 1.97 bits per heavy atom. The van der Waals surface area contributed by atoms with Crippen LogP contribution in [0.5, 0.6) is 11.5 Å². The maximum absolute atomic E-state index is 12.9. The summed E-state index contributed by atoms with van der Waals surface area (Å²) in [6, 6.07) is 14.0. The third-order valence-corrected chi connectivity index (χ3v) is 7.47. The maximum atomic E-state index is 12.9. The first-order valence-electron chi connectivity index (χ1n) is 10.3. The number of hydrazine groups is 1. The zero-order chi connectivity index (χ0) is 24.9. The number of carbonyl (C=O) groups excluding carboxylic acids is 2. The number of thioether (sulfide) groups is 1. The molecule has 2 aromatic carbocycles. The molecule has 180 valence electrons. The minimum absolute atomic E-state index is 0.234. The molecule has 6 nitrogen and oxygen atoms in total. The topological polar surface area (TPSA) is 67.9 Å². The Kier molecular flexibility index (Phi) is 8.35. The zero-order valence-electron chi connectivity index (χ0n) is 18.2. The number of rotatable bonds is 8. The van der Waals surface area contributed by atoms with Crippen molar-refractivity contribution in [2.75, 3.05) is 6.61 Å². The lowest BCUT2D eigenvalue weighted by molar-refractivity contribution is -0.123. The molecule has 1 aromatic heterocycles. The summed E-state index contributed by atoms with van der Waals surface area (Å²) in [6.45, 7) is 2.53. The first-order chi connectivity index (χ1) is 16.9. The monoisotopic (exact) mass is 564 g/mol. The van der Waals surface area contributed by atoms with E-state index in [0.29, 0.717) is 37.9 Å². The van der Waals surface area contributed by atoms with Gasteiger partial charge in [0.05, 0.1) is 16.4 Å². The summed E-state index contributed by atoms with van der Waals surface area (Å²) in [7, 11) is 0. The van der Waals surface area contributed by atoms with E-state index in [2.05, 4.69) is 5.43 Å². The van der Waals surface area contributed by atoms with Crippen molar-refractivity contribution in [3.05, 3.63) is 84.9 Å². The average molecular weight is 566 g/mol. The predicted molar refractivity (Wildman–Crippen MR) is 145 cm³/mol. The van der Waals surface area contributed by atoms with Crippen LogP contribution in [-0.4, -0.2) is 27.8 Å². The van der Waals surface area contributed by atoms with E-state index in [0.717, 1.165) is 27.9 Å². The van der Waals surface area contributed by atoms with E-state index >= 15 is 0 Å². The van der Waals surface area contributed by atoms with Crippen molar-refractivity contribution >= 4 is 80.7 Å². The molecule has 1 aliphatic rings. The molecule has 0 unspecified atom stereocenters. The molecule has 0 aliphatic carbocycles. The fourth-order valence-electron chi connectivity index (χ4n) is 3.08. The molecule has 0 bridgehead atoms. The smallest absolute Gasteiger partial charge is 0.285 e. The molecule has 0 spiro atoms. The molecule has 0 atom stereocenters. The molecule has 0 radical (unpaired) electrons. The minimum atomic E-state index is -0.402. The molecule has 4 rings (SSSR count). The number of carbonyl (C=O) groups is 2. The number of thiophene rings is 1. The number of amides is 2. The second-order valence-corrected chi connectivity index (χ2v) is 10.6. The van der Waals surface area contributed by atoms with Crippen molar-refractivity contribution in [2.45, 2.75) is 13.5 Å². The number of hydrogen-bond acceptors (Lipinski definition) is 7. The largest absolute Gasteiger partial charge is 0.490 e. The molecule has 11 heteroatoms.